The molecule has 6 aromatic rings. The molecule has 2 unspecified atom stereocenters. The van der Waals surface area contributed by atoms with E-state index in [0.29, 0.717) is 5.69 Å². The molecule has 0 saturated carbocycles. The van der Waals surface area contributed by atoms with E-state index in [0.717, 1.165) is 66.4 Å². The summed E-state index contributed by atoms with van der Waals surface area (Å²) in [5, 5.41) is 2.04. The maximum absolute atomic E-state index is 14.5. The van der Waals surface area contributed by atoms with Crippen molar-refractivity contribution in [2.75, 3.05) is 5.73 Å². The fourth-order valence-corrected chi connectivity index (χ4v) is 6.45. The predicted molar refractivity (Wildman–Crippen MR) is 175 cm³/mol. The first-order valence-corrected chi connectivity index (χ1v) is 14.7. The van der Waals surface area contributed by atoms with Gasteiger partial charge >= 0.3 is 0 Å². The van der Waals surface area contributed by atoms with Gasteiger partial charge in [0, 0.05) is 22.9 Å². The number of carbonyl (C=O) groups excluding carboxylic acids is 2. The second-order valence-corrected chi connectivity index (χ2v) is 11.6. The number of carbonyl (C=O) groups is 2. The number of fused-ring (bicyclic) bond motifs is 3. The molecular weight excluding hydrogens is 530 g/mol. The minimum absolute atomic E-state index is 0.00946. The SMILES string of the molecule is CC(=O)C(c1ccccc1C)c1cc(C(C(=O)Cc2ccc3oc4ccccc4c3c2)c2ccccc2C)c(C)cc1N. The van der Waals surface area contributed by atoms with Crippen LogP contribution in [0.2, 0.25) is 0 Å². The highest BCUT2D eigenvalue weighted by Crippen LogP contribution is 2.39. The van der Waals surface area contributed by atoms with Gasteiger partial charge in [-0.15, -0.1) is 0 Å². The number of nitrogen functional groups attached to an aromatic ring is 1. The monoisotopic (exact) mass is 565 g/mol. The molecule has 0 spiro atoms. The van der Waals surface area contributed by atoms with Gasteiger partial charge in [0.05, 0.1) is 11.8 Å². The quantitative estimate of drug-likeness (QED) is 0.187. The van der Waals surface area contributed by atoms with E-state index in [1.54, 1.807) is 6.92 Å². The summed E-state index contributed by atoms with van der Waals surface area (Å²) in [4.78, 5) is 27.6. The Morgan fingerprint density at radius 1 is 0.628 bits per heavy atom. The van der Waals surface area contributed by atoms with E-state index < -0.39 is 11.8 Å². The molecule has 4 heteroatoms. The average Bonchev–Trinajstić information content (AvgIpc) is 3.35. The summed E-state index contributed by atoms with van der Waals surface area (Å²) in [7, 11) is 0. The van der Waals surface area contributed by atoms with E-state index >= 15 is 0 Å². The van der Waals surface area contributed by atoms with Crippen molar-refractivity contribution in [1.29, 1.82) is 0 Å². The Labute approximate surface area is 252 Å². The van der Waals surface area contributed by atoms with Gasteiger partial charge in [-0.3, -0.25) is 9.59 Å². The number of hydrogen-bond acceptors (Lipinski definition) is 4. The number of aryl methyl sites for hydroxylation is 3. The van der Waals surface area contributed by atoms with Crippen LogP contribution >= 0.6 is 0 Å². The molecule has 6 rings (SSSR count). The average molecular weight is 566 g/mol. The van der Waals surface area contributed by atoms with Crippen LogP contribution in [-0.4, -0.2) is 11.6 Å². The van der Waals surface area contributed by atoms with Crippen molar-refractivity contribution in [1.82, 2.24) is 0 Å². The Kier molecular flexibility index (Phi) is 7.45. The van der Waals surface area contributed by atoms with E-state index in [-0.39, 0.29) is 18.0 Å². The minimum atomic E-state index is -0.526. The Morgan fingerprint density at radius 3 is 1.91 bits per heavy atom. The third-order valence-corrected chi connectivity index (χ3v) is 8.64. The van der Waals surface area contributed by atoms with Crippen molar-refractivity contribution in [2.24, 2.45) is 0 Å². The van der Waals surface area contributed by atoms with E-state index in [2.05, 4.69) is 6.07 Å². The number of nitrogens with two attached hydrogens (primary N) is 1. The van der Waals surface area contributed by atoms with Crippen molar-refractivity contribution in [3.8, 4) is 0 Å². The molecule has 0 amide bonds. The summed E-state index contributed by atoms with van der Waals surface area (Å²) in [6, 6.07) is 33.8. The maximum Gasteiger partial charge on any atom is 0.149 e. The Hall–Kier alpha value is -4.96. The highest BCUT2D eigenvalue weighted by Gasteiger charge is 2.30. The molecular formula is C39H35NO3. The van der Waals surface area contributed by atoms with E-state index in [9.17, 15) is 9.59 Å². The molecule has 1 heterocycles. The van der Waals surface area contributed by atoms with E-state index in [4.69, 9.17) is 10.2 Å². The van der Waals surface area contributed by atoms with Crippen LogP contribution in [-0.2, 0) is 16.0 Å². The first kappa shape index (κ1) is 28.2. The maximum atomic E-state index is 14.5. The van der Waals surface area contributed by atoms with Crippen molar-refractivity contribution in [3.63, 3.8) is 0 Å². The van der Waals surface area contributed by atoms with Crippen LogP contribution in [0.4, 0.5) is 5.69 Å². The standard InChI is InChI=1S/C39H35NO3/c1-23-11-5-7-13-28(23)38(26(4)41)33-22-31(25(3)19-34(33)40)39(29-14-8-6-12-24(29)2)35(42)21-27-17-18-37-32(20-27)30-15-9-10-16-36(30)43-37/h5-20,22,38-39H,21,40H2,1-4H3. The molecule has 1 aromatic heterocycles. The Morgan fingerprint density at radius 2 is 1.23 bits per heavy atom. The molecule has 0 aliphatic heterocycles. The molecule has 2 N–H and O–H groups in total. The van der Waals surface area contributed by atoms with Crippen LogP contribution in [0.15, 0.2) is 108 Å². The van der Waals surface area contributed by atoms with Gasteiger partial charge in [-0.25, -0.2) is 0 Å². The minimum Gasteiger partial charge on any atom is -0.456 e. The van der Waals surface area contributed by atoms with Gasteiger partial charge in [-0.2, -0.15) is 0 Å². The lowest BCUT2D eigenvalue weighted by Crippen LogP contribution is -2.20. The van der Waals surface area contributed by atoms with Gasteiger partial charge in [0.2, 0.25) is 0 Å². The summed E-state index contributed by atoms with van der Waals surface area (Å²) in [5.74, 6) is -0.961. The molecule has 4 nitrogen and oxygen atoms in total. The second kappa shape index (κ2) is 11.4. The molecule has 0 radical (unpaired) electrons. The normalized spacial score (nSPS) is 12.8. The van der Waals surface area contributed by atoms with Crippen LogP contribution < -0.4 is 5.73 Å². The molecule has 5 aromatic carbocycles. The molecule has 0 aliphatic rings. The number of Topliss-reactive ketones (excluding diaryl/α,β-unsaturated/α-hetero) is 2. The topological polar surface area (TPSA) is 73.3 Å². The number of anilines is 1. The zero-order valence-electron chi connectivity index (χ0n) is 25.0. The molecule has 0 bridgehead atoms. The molecule has 214 valence electrons. The third-order valence-electron chi connectivity index (χ3n) is 8.64. The lowest BCUT2D eigenvalue weighted by Gasteiger charge is -2.25. The number of hydrogen-bond donors (Lipinski definition) is 1. The summed E-state index contributed by atoms with van der Waals surface area (Å²) in [5.41, 5.74) is 16.2. The first-order chi connectivity index (χ1) is 20.7. The number of para-hydroxylation sites is 1. The summed E-state index contributed by atoms with van der Waals surface area (Å²) in [6.07, 6.45) is 0.252. The van der Waals surface area contributed by atoms with Gasteiger partial charge in [-0.1, -0.05) is 78.9 Å². The number of ketones is 2. The van der Waals surface area contributed by atoms with Gasteiger partial charge < -0.3 is 10.2 Å². The molecule has 0 aliphatic carbocycles. The summed E-state index contributed by atoms with van der Waals surface area (Å²) in [6.45, 7) is 7.65. The smallest absolute Gasteiger partial charge is 0.149 e. The summed E-state index contributed by atoms with van der Waals surface area (Å²) >= 11 is 0. The highest BCUT2D eigenvalue weighted by molar-refractivity contribution is 6.05. The van der Waals surface area contributed by atoms with Crippen LogP contribution in [0.5, 0.6) is 0 Å². The fraction of sp³-hybridized carbons (Fsp3) is 0.179. The molecule has 43 heavy (non-hydrogen) atoms. The first-order valence-electron chi connectivity index (χ1n) is 14.7. The van der Waals surface area contributed by atoms with Gasteiger partial charge in [0.25, 0.3) is 0 Å². The second-order valence-electron chi connectivity index (χ2n) is 11.6. The number of furan rings is 1. The van der Waals surface area contributed by atoms with Crippen LogP contribution in [0.1, 0.15) is 63.3 Å². The highest BCUT2D eigenvalue weighted by atomic mass is 16.3. The van der Waals surface area contributed by atoms with Gasteiger partial charge in [-0.05, 0) is 96.5 Å². The van der Waals surface area contributed by atoms with E-state index in [1.807, 2.05) is 118 Å². The van der Waals surface area contributed by atoms with Gasteiger partial charge in [0.1, 0.15) is 22.7 Å². The number of benzene rings is 5. The molecule has 0 saturated heterocycles. The lowest BCUT2D eigenvalue weighted by atomic mass is 9.78. The van der Waals surface area contributed by atoms with Crippen molar-refractivity contribution in [3.05, 3.63) is 148 Å². The van der Waals surface area contributed by atoms with Gasteiger partial charge in [0.15, 0.2) is 0 Å². The summed E-state index contributed by atoms with van der Waals surface area (Å²) < 4.78 is 6.02. The van der Waals surface area contributed by atoms with E-state index in [1.165, 1.54) is 0 Å². The van der Waals surface area contributed by atoms with Crippen molar-refractivity contribution >= 4 is 39.2 Å². The third kappa shape index (κ3) is 5.25. The Balaban J connectivity index is 1.47. The van der Waals surface area contributed by atoms with Crippen molar-refractivity contribution in [2.45, 2.75) is 46.0 Å². The largest absolute Gasteiger partial charge is 0.456 e. The molecule has 2 atom stereocenters. The molecule has 0 fully saturated rings. The van der Waals surface area contributed by atoms with Crippen molar-refractivity contribution < 1.29 is 14.0 Å². The predicted octanol–water partition coefficient (Wildman–Crippen LogP) is 8.76. The van der Waals surface area contributed by atoms with Crippen LogP contribution in [0.25, 0.3) is 21.9 Å². The van der Waals surface area contributed by atoms with Crippen LogP contribution in [0, 0.1) is 20.8 Å². The zero-order chi connectivity index (χ0) is 30.2. The fourth-order valence-electron chi connectivity index (χ4n) is 6.45. The lowest BCUT2D eigenvalue weighted by molar-refractivity contribution is -0.119. The zero-order valence-corrected chi connectivity index (χ0v) is 25.0. The Bertz CT molecular complexity index is 2020. The number of rotatable bonds is 8. The van der Waals surface area contributed by atoms with Crippen LogP contribution in [0.3, 0.4) is 0 Å².